The molecule has 28 heavy (non-hydrogen) atoms. The van der Waals surface area contributed by atoms with Crippen molar-refractivity contribution in [3.8, 4) is 11.8 Å². The quantitative estimate of drug-likeness (QED) is 0.739. The molecule has 0 unspecified atom stereocenters. The van der Waals surface area contributed by atoms with Gasteiger partial charge in [-0.05, 0) is 37.5 Å². The highest BCUT2D eigenvalue weighted by Crippen LogP contribution is 2.14. The van der Waals surface area contributed by atoms with Crippen molar-refractivity contribution < 1.29 is 9.53 Å². The number of fused-ring (bicyclic) bond motifs is 1. The van der Waals surface area contributed by atoms with Crippen molar-refractivity contribution in [3.63, 3.8) is 0 Å². The largest absolute Gasteiger partial charge is 0.494 e. The highest BCUT2D eigenvalue weighted by Gasteiger charge is 2.24. The standard InChI is InChI=1S/C20H22N4O4/c1-3-28-15-8-6-14(7-9-15)12-22(2)18(25)13-24-19(26)16(11-21)17-5-4-10-23(17)20(24)27/h6-9H,3-5,10,12-13H2,1-2H3. The van der Waals surface area contributed by atoms with E-state index >= 15 is 0 Å². The molecule has 0 fully saturated rings. The molecule has 0 saturated carbocycles. The smallest absolute Gasteiger partial charge is 0.331 e. The van der Waals surface area contributed by atoms with Gasteiger partial charge in [0.25, 0.3) is 5.56 Å². The number of hydrogen-bond donors (Lipinski definition) is 0. The maximum absolute atomic E-state index is 12.6. The fraction of sp³-hybridized carbons (Fsp3) is 0.400. The second-order valence-corrected chi connectivity index (χ2v) is 6.69. The Labute approximate surface area is 162 Å². The molecule has 1 aromatic heterocycles. The van der Waals surface area contributed by atoms with E-state index < -0.39 is 11.2 Å². The number of nitriles is 1. The highest BCUT2D eigenvalue weighted by molar-refractivity contribution is 5.75. The zero-order valence-electron chi connectivity index (χ0n) is 16.0. The first-order valence-electron chi connectivity index (χ1n) is 9.18. The Balaban J connectivity index is 1.79. The van der Waals surface area contributed by atoms with Gasteiger partial charge in [0.1, 0.15) is 23.9 Å². The minimum atomic E-state index is -0.691. The summed E-state index contributed by atoms with van der Waals surface area (Å²) in [5.41, 5.74) is 0.112. The van der Waals surface area contributed by atoms with Crippen molar-refractivity contribution in [2.24, 2.45) is 0 Å². The van der Waals surface area contributed by atoms with Crippen LogP contribution in [0.25, 0.3) is 0 Å². The monoisotopic (exact) mass is 382 g/mol. The van der Waals surface area contributed by atoms with Gasteiger partial charge in [-0.2, -0.15) is 5.26 Å². The number of benzene rings is 1. The number of likely N-dealkylation sites (N-methyl/N-ethyl adjacent to an activating group) is 1. The third kappa shape index (κ3) is 3.69. The minimum absolute atomic E-state index is 0.0425. The molecule has 0 bridgehead atoms. The van der Waals surface area contributed by atoms with E-state index in [4.69, 9.17) is 4.74 Å². The Bertz CT molecular complexity index is 1040. The fourth-order valence-electron chi connectivity index (χ4n) is 3.36. The van der Waals surface area contributed by atoms with Crippen LogP contribution in [0.2, 0.25) is 0 Å². The van der Waals surface area contributed by atoms with E-state index in [1.165, 1.54) is 9.47 Å². The van der Waals surface area contributed by atoms with Crippen LogP contribution in [0.15, 0.2) is 33.9 Å². The van der Waals surface area contributed by atoms with Crippen LogP contribution in [0.1, 0.15) is 30.2 Å². The summed E-state index contributed by atoms with van der Waals surface area (Å²) in [4.78, 5) is 39.2. The Hall–Kier alpha value is -3.34. The molecule has 0 saturated heterocycles. The topological polar surface area (TPSA) is 97.3 Å². The molecule has 0 spiro atoms. The second-order valence-electron chi connectivity index (χ2n) is 6.69. The number of carbonyl (C=O) groups is 1. The molecule has 2 heterocycles. The van der Waals surface area contributed by atoms with Gasteiger partial charge in [-0.3, -0.25) is 14.2 Å². The second kappa shape index (κ2) is 8.13. The number of nitrogens with zero attached hydrogens (tertiary/aromatic N) is 4. The number of hydrogen-bond acceptors (Lipinski definition) is 5. The highest BCUT2D eigenvalue weighted by atomic mass is 16.5. The molecule has 0 radical (unpaired) electrons. The Kier molecular flexibility index (Phi) is 5.64. The first-order chi connectivity index (χ1) is 13.5. The first-order valence-corrected chi connectivity index (χ1v) is 9.18. The molecule has 1 aromatic carbocycles. The van der Waals surface area contributed by atoms with E-state index in [9.17, 15) is 19.6 Å². The summed E-state index contributed by atoms with van der Waals surface area (Å²) < 4.78 is 7.69. The predicted octanol–water partition coefficient (Wildman–Crippen LogP) is 0.885. The van der Waals surface area contributed by atoms with Gasteiger partial charge in [-0.1, -0.05) is 12.1 Å². The molecule has 1 aliphatic rings. The molecular weight excluding hydrogens is 360 g/mol. The van der Waals surface area contributed by atoms with Crippen LogP contribution in [-0.2, 0) is 30.8 Å². The maximum Gasteiger partial charge on any atom is 0.331 e. The van der Waals surface area contributed by atoms with Gasteiger partial charge in [0.2, 0.25) is 5.91 Å². The van der Waals surface area contributed by atoms with Crippen LogP contribution in [0, 0.1) is 11.3 Å². The summed E-state index contributed by atoms with van der Waals surface area (Å²) in [7, 11) is 1.61. The molecule has 0 atom stereocenters. The van der Waals surface area contributed by atoms with Gasteiger partial charge in [-0.25, -0.2) is 9.36 Å². The van der Waals surface area contributed by atoms with Crippen molar-refractivity contribution in [3.05, 3.63) is 61.9 Å². The number of amides is 1. The number of ether oxygens (including phenoxy) is 1. The van der Waals surface area contributed by atoms with Crippen molar-refractivity contribution in [1.82, 2.24) is 14.0 Å². The van der Waals surface area contributed by atoms with Crippen LogP contribution in [0.5, 0.6) is 5.75 Å². The molecule has 8 heteroatoms. The fourth-order valence-corrected chi connectivity index (χ4v) is 3.36. The molecule has 1 aliphatic heterocycles. The van der Waals surface area contributed by atoms with Crippen LogP contribution in [0.3, 0.4) is 0 Å². The maximum atomic E-state index is 12.6. The predicted molar refractivity (Wildman–Crippen MR) is 102 cm³/mol. The number of aromatic nitrogens is 2. The normalized spacial score (nSPS) is 12.3. The summed E-state index contributed by atoms with van der Waals surface area (Å²) >= 11 is 0. The molecule has 1 amide bonds. The van der Waals surface area contributed by atoms with E-state index in [0.717, 1.165) is 15.9 Å². The zero-order chi connectivity index (χ0) is 20.3. The van der Waals surface area contributed by atoms with Gasteiger partial charge < -0.3 is 9.64 Å². The lowest BCUT2D eigenvalue weighted by Gasteiger charge is -2.18. The number of carbonyl (C=O) groups excluding carboxylic acids is 1. The Morgan fingerprint density at radius 3 is 2.64 bits per heavy atom. The van der Waals surface area contributed by atoms with E-state index in [-0.39, 0.29) is 18.0 Å². The summed E-state index contributed by atoms with van der Waals surface area (Å²) in [5.74, 6) is 0.373. The van der Waals surface area contributed by atoms with E-state index in [1.54, 1.807) is 7.05 Å². The van der Waals surface area contributed by atoms with Crippen LogP contribution >= 0.6 is 0 Å². The van der Waals surface area contributed by atoms with Crippen LogP contribution in [-0.4, -0.2) is 33.6 Å². The van der Waals surface area contributed by atoms with Gasteiger partial charge in [0, 0.05) is 25.8 Å². The molecule has 0 aliphatic carbocycles. The van der Waals surface area contributed by atoms with E-state index in [1.807, 2.05) is 37.3 Å². The lowest BCUT2D eigenvalue weighted by atomic mass is 10.2. The first kappa shape index (κ1) is 19.4. The van der Waals surface area contributed by atoms with Crippen molar-refractivity contribution in [2.75, 3.05) is 13.7 Å². The van der Waals surface area contributed by atoms with E-state index in [0.29, 0.717) is 38.2 Å². The summed E-state index contributed by atoms with van der Waals surface area (Å²) in [6, 6.07) is 9.27. The van der Waals surface area contributed by atoms with Crippen molar-refractivity contribution in [1.29, 1.82) is 5.26 Å². The lowest BCUT2D eigenvalue weighted by Crippen LogP contribution is -2.45. The molecule has 146 valence electrons. The van der Waals surface area contributed by atoms with Crippen molar-refractivity contribution >= 4 is 5.91 Å². The average molecular weight is 382 g/mol. The van der Waals surface area contributed by atoms with Gasteiger partial charge >= 0.3 is 5.69 Å². The summed E-state index contributed by atoms with van der Waals surface area (Å²) in [6.07, 6.45) is 1.23. The Morgan fingerprint density at radius 1 is 1.29 bits per heavy atom. The zero-order valence-corrected chi connectivity index (χ0v) is 16.0. The van der Waals surface area contributed by atoms with Gasteiger partial charge in [0.15, 0.2) is 0 Å². The van der Waals surface area contributed by atoms with Gasteiger partial charge in [0.05, 0.1) is 6.61 Å². The third-order valence-corrected chi connectivity index (χ3v) is 4.82. The SMILES string of the molecule is CCOc1ccc(CN(C)C(=O)Cn2c(=O)c(C#N)c3n(c2=O)CCC3)cc1. The van der Waals surface area contributed by atoms with Crippen molar-refractivity contribution in [2.45, 2.75) is 39.4 Å². The average Bonchev–Trinajstić information content (AvgIpc) is 3.17. The van der Waals surface area contributed by atoms with Gasteiger partial charge in [-0.15, -0.1) is 0 Å². The lowest BCUT2D eigenvalue weighted by molar-refractivity contribution is -0.131. The molecule has 0 N–H and O–H groups in total. The van der Waals surface area contributed by atoms with Crippen LogP contribution in [0.4, 0.5) is 0 Å². The summed E-state index contributed by atoms with van der Waals surface area (Å²) in [5, 5.41) is 9.31. The third-order valence-electron chi connectivity index (χ3n) is 4.82. The molecular formula is C20H22N4O4. The number of rotatable bonds is 6. The molecule has 2 aromatic rings. The summed E-state index contributed by atoms with van der Waals surface area (Å²) in [6.45, 7) is 2.88. The minimum Gasteiger partial charge on any atom is -0.494 e. The molecule has 3 rings (SSSR count). The Morgan fingerprint density at radius 2 is 2.00 bits per heavy atom. The molecule has 8 nitrogen and oxygen atoms in total. The van der Waals surface area contributed by atoms with E-state index in [2.05, 4.69) is 0 Å². The van der Waals surface area contributed by atoms with Crippen LogP contribution < -0.4 is 16.0 Å².